The third kappa shape index (κ3) is 5.37. The van der Waals surface area contributed by atoms with Gasteiger partial charge in [0, 0.05) is 10.6 Å². The lowest BCUT2D eigenvalue weighted by atomic mass is 9.92. The molecule has 0 fully saturated rings. The number of hydrogen-bond acceptors (Lipinski definition) is 3. The fourth-order valence-corrected chi connectivity index (χ4v) is 2.87. The first kappa shape index (κ1) is 18.6. The van der Waals surface area contributed by atoms with Gasteiger partial charge in [-0.1, -0.05) is 52.3 Å². The van der Waals surface area contributed by atoms with Crippen LogP contribution in [0.1, 0.15) is 34.1 Å². The van der Waals surface area contributed by atoms with E-state index in [4.69, 9.17) is 0 Å². The van der Waals surface area contributed by atoms with Crippen molar-refractivity contribution < 1.29 is 14.7 Å². The number of thioether (sulfide) groups is 1. The zero-order chi connectivity index (χ0) is 16.8. The maximum Gasteiger partial charge on any atom is 0.326 e. The molecule has 4 nitrogen and oxygen atoms in total. The summed E-state index contributed by atoms with van der Waals surface area (Å²) in [6.45, 7) is 7.44. The van der Waals surface area contributed by atoms with Crippen LogP contribution in [0.4, 0.5) is 0 Å². The summed E-state index contributed by atoms with van der Waals surface area (Å²) >= 11 is 1.60. The summed E-state index contributed by atoms with van der Waals surface area (Å²) < 4.78 is 0. The smallest absolute Gasteiger partial charge is 0.326 e. The Hall–Kier alpha value is -1.49. The fraction of sp³-hybridized carbons (Fsp3) is 0.529. The van der Waals surface area contributed by atoms with E-state index in [1.54, 1.807) is 11.8 Å². The molecule has 1 aromatic carbocycles. The van der Waals surface area contributed by atoms with Gasteiger partial charge in [-0.15, -0.1) is 11.8 Å². The van der Waals surface area contributed by atoms with E-state index in [-0.39, 0.29) is 11.8 Å². The summed E-state index contributed by atoms with van der Waals surface area (Å²) in [4.78, 5) is 24.9. The van der Waals surface area contributed by atoms with Gasteiger partial charge in [0.2, 0.25) is 5.91 Å². The van der Waals surface area contributed by atoms with E-state index >= 15 is 0 Å². The zero-order valence-corrected chi connectivity index (χ0v) is 14.4. The van der Waals surface area contributed by atoms with Crippen molar-refractivity contribution in [3.63, 3.8) is 0 Å². The first-order chi connectivity index (χ1) is 10.3. The molecule has 2 unspecified atom stereocenters. The van der Waals surface area contributed by atoms with Crippen molar-refractivity contribution in [3.8, 4) is 0 Å². The molecule has 1 amide bonds. The Morgan fingerprint density at radius 2 is 1.86 bits per heavy atom. The Morgan fingerprint density at radius 3 is 2.36 bits per heavy atom. The van der Waals surface area contributed by atoms with Gasteiger partial charge in [0.05, 0.1) is 5.41 Å². The number of nitrogens with one attached hydrogen (secondary N) is 1. The first-order valence-corrected chi connectivity index (χ1v) is 8.48. The second kappa shape index (κ2) is 8.22. The Bertz CT molecular complexity index is 502. The zero-order valence-electron chi connectivity index (χ0n) is 13.6. The van der Waals surface area contributed by atoms with E-state index in [1.165, 1.54) is 0 Å². The molecule has 0 saturated carbocycles. The molecular formula is C17H25NO3S. The number of hydrogen-bond donors (Lipinski definition) is 2. The average molecular weight is 323 g/mol. The minimum Gasteiger partial charge on any atom is -0.480 e. The van der Waals surface area contributed by atoms with Crippen LogP contribution in [0.3, 0.4) is 0 Å². The van der Waals surface area contributed by atoms with Gasteiger partial charge >= 0.3 is 5.97 Å². The van der Waals surface area contributed by atoms with Gasteiger partial charge in [0.1, 0.15) is 6.04 Å². The third-order valence-electron chi connectivity index (χ3n) is 3.72. The monoisotopic (exact) mass is 323 g/mol. The predicted molar refractivity (Wildman–Crippen MR) is 90.0 cm³/mol. The minimum absolute atomic E-state index is 0.0981. The molecule has 0 heterocycles. The molecule has 1 rings (SSSR count). The second-order valence-electron chi connectivity index (χ2n) is 6.16. The predicted octanol–water partition coefficient (Wildman–Crippen LogP) is 3.42. The van der Waals surface area contributed by atoms with Gasteiger partial charge in [-0.05, 0) is 18.1 Å². The minimum atomic E-state index is -0.978. The Kier molecular flexibility index (Phi) is 6.94. The number of rotatable bonds is 8. The highest BCUT2D eigenvalue weighted by Gasteiger charge is 2.33. The van der Waals surface area contributed by atoms with E-state index in [1.807, 2.05) is 58.0 Å². The highest BCUT2D eigenvalue weighted by molar-refractivity contribution is 7.99. The lowest BCUT2D eigenvalue weighted by Crippen LogP contribution is -2.50. The number of carbonyl (C=O) groups excluding carboxylic acids is 1. The normalized spacial score (nSPS) is 14.2. The maximum absolute atomic E-state index is 12.4. The molecule has 0 saturated heterocycles. The van der Waals surface area contributed by atoms with Gasteiger partial charge in [-0.25, -0.2) is 4.79 Å². The number of amides is 1. The van der Waals surface area contributed by atoms with Crippen molar-refractivity contribution in [1.82, 2.24) is 5.32 Å². The molecule has 2 atom stereocenters. The molecule has 0 aliphatic carbocycles. The molecule has 22 heavy (non-hydrogen) atoms. The SMILES string of the molecule is CCC(C)C(NC(=O)C(C)(C)CSc1ccccc1)C(=O)O. The van der Waals surface area contributed by atoms with Crippen LogP contribution in [-0.4, -0.2) is 28.8 Å². The molecule has 0 spiro atoms. The summed E-state index contributed by atoms with van der Waals surface area (Å²) in [5.41, 5.74) is -0.637. The molecule has 122 valence electrons. The van der Waals surface area contributed by atoms with E-state index in [9.17, 15) is 14.7 Å². The number of carbonyl (C=O) groups is 2. The molecule has 0 bridgehead atoms. The Balaban J connectivity index is 2.66. The maximum atomic E-state index is 12.4. The van der Waals surface area contributed by atoms with E-state index < -0.39 is 17.4 Å². The number of benzene rings is 1. The standard InChI is InChI=1S/C17H25NO3S/c1-5-12(2)14(15(19)20)18-16(21)17(3,4)11-22-13-9-7-6-8-10-13/h6-10,12,14H,5,11H2,1-4H3,(H,18,21)(H,19,20). The van der Waals surface area contributed by atoms with Crippen molar-refractivity contribution in [1.29, 1.82) is 0 Å². The Morgan fingerprint density at radius 1 is 1.27 bits per heavy atom. The molecule has 2 N–H and O–H groups in total. The molecule has 0 aliphatic heterocycles. The van der Waals surface area contributed by atoms with Gasteiger partial charge in [0.15, 0.2) is 0 Å². The molecule has 5 heteroatoms. The van der Waals surface area contributed by atoms with Crippen LogP contribution >= 0.6 is 11.8 Å². The summed E-state index contributed by atoms with van der Waals surface area (Å²) in [6, 6.07) is 9.03. The number of aliphatic carboxylic acids is 1. The van der Waals surface area contributed by atoms with Crippen molar-refractivity contribution in [2.24, 2.45) is 11.3 Å². The van der Waals surface area contributed by atoms with Crippen LogP contribution in [0, 0.1) is 11.3 Å². The topological polar surface area (TPSA) is 66.4 Å². The van der Waals surface area contributed by atoms with E-state index in [0.29, 0.717) is 12.2 Å². The van der Waals surface area contributed by atoms with E-state index in [2.05, 4.69) is 5.32 Å². The van der Waals surface area contributed by atoms with Crippen LogP contribution in [0.15, 0.2) is 35.2 Å². The molecule has 0 radical (unpaired) electrons. The molecule has 1 aromatic rings. The molecule has 0 aromatic heterocycles. The van der Waals surface area contributed by atoms with Gasteiger partial charge in [-0.2, -0.15) is 0 Å². The van der Waals surface area contributed by atoms with Crippen LogP contribution in [0.25, 0.3) is 0 Å². The highest BCUT2D eigenvalue weighted by Crippen LogP contribution is 2.28. The summed E-state index contributed by atoms with van der Waals surface area (Å²) in [5.74, 6) is -0.702. The highest BCUT2D eigenvalue weighted by atomic mass is 32.2. The largest absolute Gasteiger partial charge is 0.480 e. The summed E-state index contributed by atoms with van der Waals surface area (Å²) in [5, 5.41) is 12.0. The van der Waals surface area contributed by atoms with Gasteiger partial charge < -0.3 is 10.4 Å². The van der Waals surface area contributed by atoms with Crippen LogP contribution in [-0.2, 0) is 9.59 Å². The molecular weight excluding hydrogens is 298 g/mol. The number of carboxylic acid groups (broad SMARTS) is 1. The van der Waals surface area contributed by atoms with Gasteiger partial charge in [-0.3, -0.25) is 4.79 Å². The number of carboxylic acids is 1. The lowest BCUT2D eigenvalue weighted by Gasteiger charge is -2.27. The van der Waals surface area contributed by atoms with Crippen molar-refractivity contribution in [2.45, 2.75) is 45.1 Å². The van der Waals surface area contributed by atoms with E-state index in [0.717, 1.165) is 4.90 Å². The van der Waals surface area contributed by atoms with Crippen LogP contribution < -0.4 is 5.32 Å². The molecule has 0 aliphatic rings. The van der Waals surface area contributed by atoms with Crippen LogP contribution in [0.5, 0.6) is 0 Å². The second-order valence-corrected chi connectivity index (χ2v) is 7.21. The van der Waals surface area contributed by atoms with Crippen molar-refractivity contribution in [2.75, 3.05) is 5.75 Å². The quantitative estimate of drug-likeness (QED) is 0.719. The third-order valence-corrected chi connectivity index (χ3v) is 5.19. The first-order valence-electron chi connectivity index (χ1n) is 7.49. The average Bonchev–Trinajstić information content (AvgIpc) is 2.50. The fourth-order valence-electron chi connectivity index (χ4n) is 1.87. The Labute approximate surface area is 136 Å². The lowest BCUT2D eigenvalue weighted by molar-refractivity contribution is -0.144. The van der Waals surface area contributed by atoms with Crippen molar-refractivity contribution >= 4 is 23.6 Å². The van der Waals surface area contributed by atoms with Gasteiger partial charge in [0.25, 0.3) is 0 Å². The van der Waals surface area contributed by atoms with Crippen molar-refractivity contribution in [3.05, 3.63) is 30.3 Å². The summed E-state index contributed by atoms with van der Waals surface area (Å²) in [6.07, 6.45) is 0.705. The summed E-state index contributed by atoms with van der Waals surface area (Å²) in [7, 11) is 0. The van der Waals surface area contributed by atoms with Crippen LogP contribution in [0.2, 0.25) is 0 Å².